The average Bonchev–Trinajstić information content (AvgIpc) is 2.67. The SMILES string of the molecule is CC(C)=CNC(=O)NC1CC1. The van der Waals surface area contributed by atoms with Crippen molar-refractivity contribution in [3.8, 4) is 0 Å². The summed E-state index contributed by atoms with van der Waals surface area (Å²) in [6.45, 7) is 3.88. The molecule has 0 unspecified atom stereocenters. The Kier molecular flexibility index (Phi) is 2.52. The Balaban J connectivity index is 2.14. The second-order valence-electron chi connectivity index (χ2n) is 3.11. The van der Waals surface area contributed by atoms with Crippen LogP contribution in [0.1, 0.15) is 26.7 Å². The lowest BCUT2D eigenvalue weighted by molar-refractivity contribution is 0.243. The highest BCUT2D eigenvalue weighted by molar-refractivity contribution is 5.75. The molecule has 0 aromatic carbocycles. The first-order valence-electron chi connectivity index (χ1n) is 3.89. The molecule has 0 aromatic heterocycles. The Morgan fingerprint density at radius 1 is 1.45 bits per heavy atom. The number of carbonyl (C=O) groups is 1. The minimum Gasteiger partial charge on any atom is -0.335 e. The number of nitrogens with one attached hydrogen (secondary N) is 2. The van der Waals surface area contributed by atoms with Crippen LogP contribution in [0.15, 0.2) is 11.8 Å². The van der Waals surface area contributed by atoms with Gasteiger partial charge >= 0.3 is 6.03 Å². The summed E-state index contributed by atoms with van der Waals surface area (Å²) in [6.07, 6.45) is 3.96. The first kappa shape index (κ1) is 8.11. The molecule has 1 saturated carbocycles. The summed E-state index contributed by atoms with van der Waals surface area (Å²) in [4.78, 5) is 10.9. The van der Waals surface area contributed by atoms with Gasteiger partial charge in [-0.1, -0.05) is 5.57 Å². The van der Waals surface area contributed by atoms with Gasteiger partial charge in [-0.25, -0.2) is 4.79 Å². The van der Waals surface area contributed by atoms with Gasteiger partial charge in [0, 0.05) is 12.2 Å². The molecule has 1 aliphatic carbocycles. The fourth-order valence-corrected chi connectivity index (χ4v) is 0.665. The van der Waals surface area contributed by atoms with Crippen molar-refractivity contribution in [3.63, 3.8) is 0 Å². The molecule has 62 valence electrons. The molecule has 1 fully saturated rings. The van der Waals surface area contributed by atoms with Gasteiger partial charge in [0.25, 0.3) is 0 Å². The van der Waals surface area contributed by atoms with E-state index in [0.717, 1.165) is 18.4 Å². The van der Waals surface area contributed by atoms with Crippen LogP contribution in [0.5, 0.6) is 0 Å². The fraction of sp³-hybridized carbons (Fsp3) is 0.625. The van der Waals surface area contributed by atoms with E-state index in [-0.39, 0.29) is 6.03 Å². The second kappa shape index (κ2) is 3.42. The van der Waals surface area contributed by atoms with Crippen LogP contribution < -0.4 is 10.6 Å². The molecule has 0 bridgehead atoms. The van der Waals surface area contributed by atoms with Crippen LogP contribution in [0.4, 0.5) is 4.79 Å². The molecule has 0 atom stereocenters. The number of carbonyl (C=O) groups excluding carboxylic acids is 1. The van der Waals surface area contributed by atoms with Crippen molar-refractivity contribution in [3.05, 3.63) is 11.8 Å². The average molecular weight is 154 g/mol. The van der Waals surface area contributed by atoms with Gasteiger partial charge in [0.05, 0.1) is 0 Å². The van der Waals surface area contributed by atoms with Crippen LogP contribution in [-0.2, 0) is 0 Å². The minimum absolute atomic E-state index is 0.0892. The molecule has 11 heavy (non-hydrogen) atoms. The first-order chi connectivity index (χ1) is 5.18. The molecule has 0 spiro atoms. The van der Waals surface area contributed by atoms with Crippen molar-refractivity contribution in [2.45, 2.75) is 32.7 Å². The molecule has 1 rings (SSSR count). The third-order valence-electron chi connectivity index (χ3n) is 1.40. The van der Waals surface area contributed by atoms with E-state index in [1.54, 1.807) is 6.20 Å². The molecule has 1 aliphatic rings. The minimum atomic E-state index is -0.0892. The van der Waals surface area contributed by atoms with Crippen LogP contribution in [0.2, 0.25) is 0 Å². The van der Waals surface area contributed by atoms with Crippen molar-refractivity contribution in [1.29, 1.82) is 0 Å². The Morgan fingerprint density at radius 3 is 2.55 bits per heavy atom. The van der Waals surface area contributed by atoms with Gasteiger partial charge < -0.3 is 10.6 Å². The van der Waals surface area contributed by atoms with Crippen molar-refractivity contribution in [1.82, 2.24) is 10.6 Å². The molecule has 0 heterocycles. The van der Waals surface area contributed by atoms with Crippen molar-refractivity contribution in [2.75, 3.05) is 0 Å². The van der Waals surface area contributed by atoms with Crippen molar-refractivity contribution in [2.24, 2.45) is 0 Å². The zero-order valence-corrected chi connectivity index (χ0v) is 6.98. The normalized spacial score (nSPS) is 15.5. The maximum Gasteiger partial charge on any atom is 0.318 e. The summed E-state index contributed by atoms with van der Waals surface area (Å²) in [6, 6.07) is 0.342. The lowest BCUT2D eigenvalue weighted by Crippen LogP contribution is -2.33. The van der Waals surface area contributed by atoms with E-state index in [0.29, 0.717) is 6.04 Å². The Morgan fingerprint density at radius 2 is 2.09 bits per heavy atom. The summed E-state index contributed by atoms with van der Waals surface area (Å²) in [5.74, 6) is 0. The van der Waals surface area contributed by atoms with E-state index in [1.807, 2.05) is 13.8 Å². The Labute approximate surface area is 66.9 Å². The first-order valence-corrected chi connectivity index (χ1v) is 3.89. The van der Waals surface area contributed by atoms with Crippen LogP contribution in [0.3, 0.4) is 0 Å². The van der Waals surface area contributed by atoms with E-state index >= 15 is 0 Å². The van der Waals surface area contributed by atoms with Gasteiger partial charge in [-0.2, -0.15) is 0 Å². The third-order valence-corrected chi connectivity index (χ3v) is 1.40. The van der Waals surface area contributed by atoms with Gasteiger partial charge in [-0.3, -0.25) is 0 Å². The summed E-state index contributed by atoms with van der Waals surface area (Å²) >= 11 is 0. The van der Waals surface area contributed by atoms with Crippen molar-refractivity contribution < 1.29 is 4.79 Å². The van der Waals surface area contributed by atoms with Gasteiger partial charge in [-0.15, -0.1) is 0 Å². The zero-order valence-electron chi connectivity index (χ0n) is 6.98. The molecular formula is C8H14N2O. The number of hydrogen-bond donors (Lipinski definition) is 2. The van der Waals surface area contributed by atoms with Gasteiger partial charge in [-0.05, 0) is 26.7 Å². The van der Waals surface area contributed by atoms with Crippen LogP contribution in [0, 0.1) is 0 Å². The molecule has 0 radical (unpaired) electrons. The van der Waals surface area contributed by atoms with E-state index in [2.05, 4.69) is 10.6 Å². The lowest BCUT2D eigenvalue weighted by atomic mass is 10.4. The number of hydrogen-bond acceptors (Lipinski definition) is 1. The van der Waals surface area contributed by atoms with E-state index in [1.165, 1.54) is 0 Å². The highest BCUT2D eigenvalue weighted by atomic mass is 16.2. The molecule has 3 nitrogen and oxygen atoms in total. The highest BCUT2D eigenvalue weighted by Crippen LogP contribution is 2.18. The van der Waals surface area contributed by atoms with Gasteiger partial charge in [0.2, 0.25) is 0 Å². The topological polar surface area (TPSA) is 41.1 Å². The maximum absolute atomic E-state index is 10.9. The fourth-order valence-electron chi connectivity index (χ4n) is 0.665. The summed E-state index contributed by atoms with van der Waals surface area (Å²) in [5, 5.41) is 5.46. The quantitative estimate of drug-likeness (QED) is 0.619. The van der Waals surface area contributed by atoms with Crippen LogP contribution in [-0.4, -0.2) is 12.1 Å². The maximum atomic E-state index is 10.9. The third kappa shape index (κ3) is 3.65. The number of allylic oxidation sites excluding steroid dienone is 1. The zero-order chi connectivity index (χ0) is 8.27. The predicted octanol–water partition coefficient (Wildman–Crippen LogP) is 1.37. The highest BCUT2D eigenvalue weighted by Gasteiger charge is 2.22. The Bertz CT molecular complexity index is 179. The predicted molar refractivity (Wildman–Crippen MR) is 44.1 cm³/mol. The molecular weight excluding hydrogens is 140 g/mol. The molecule has 2 N–H and O–H groups in total. The molecule has 2 amide bonds. The van der Waals surface area contributed by atoms with Crippen LogP contribution in [0.25, 0.3) is 0 Å². The van der Waals surface area contributed by atoms with E-state index in [4.69, 9.17) is 0 Å². The van der Waals surface area contributed by atoms with Gasteiger partial charge in [0.1, 0.15) is 0 Å². The summed E-state index contributed by atoms with van der Waals surface area (Å²) < 4.78 is 0. The standard InChI is InChI=1S/C8H14N2O/c1-6(2)5-9-8(11)10-7-3-4-7/h5,7H,3-4H2,1-2H3,(H2,9,10,11). The smallest absolute Gasteiger partial charge is 0.318 e. The number of urea groups is 1. The van der Waals surface area contributed by atoms with Crippen LogP contribution >= 0.6 is 0 Å². The van der Waals surface area contributed by atoms with Crippen molar-refractivity contribution >= 4 is 6.03 Å². The molecule has 0 aliphatic heterocycles. The molecule has 0 aromatic rings. The van der Waals surface area contributed by atoms with E-state index < -0.39 is 0 Å². The number of rotatable bonds is 2. The summed E-state index contributed by atoms with van der Waals surface area (Å²) in [5.41, 5.74) is 1.09. The Hall–Kier alpha value is -0.990. The second-order valence-corrected chi connectivity index (χ2v) is 3.11. The largest absolute Gasteiger partial charge is 0.335 e. The van der Waals surface area contributed by atoms with Gasteiger partial charge in [0.15, 0.2) is 0 Å². The monoisotopic (exact) mass is 154 g/mol. The molecule has 3 heteroatoms. The summed E-state index contributed by atoms with van der Waals surface area (Å²) in [7, 11) is 0. The molecule has 0 saturated heterocycles. The lowest BCUT2D eigenvalue weighted by Gasteiger charge is -2.01. The van der Waals surface area contributed by atoms with E-state index in [9.17, 15) is 4.79 Å². The number of amides is 2.